The van der Waals surface area contributed by atoms with E-state index in [9.17, 15) is 0 Å². The monoisotopic (exact) mass is 223 g/mol. The van der Waals surface area contributed by atoms with Crippen molar-refractivity contribution in [3.63, 3.8) is 0 Å². The van der Waals surface area contributed by atoms with Gasteiger partial charge in [0.1, 0.15) is 4.75 Å². The van der Waals surface area contributed by atoms with E-state index in [1.165, 1.54) is 6.42 Å². The Bertz CT molecular complexity index is 379. The summed E-state index contributed by atoms with van der Waals surface area (Å²) in [5.74, 6) is 0. The van der Waals surface area contributed by atoms with E-state index >= 15 is 0 Å². The summed E-state index contributed by atoms with van der Waals surface area (Å²) in [4.78, 5) is 1.10. The summed E-state index contributed by atoms with van der Waals surface area (Å²) in [6, 6.07) is 10.1. The van der Waals surface area contributed by atoms with Crippen LogP contribution in [0.5, 0.6) is 0 Å². The molecule has 14 heavy (non-hydrogen) atoms. The average Bonchev–Trinajstić information content (AvgIpc) is 2.11. The van der Waals surface area contributed by atoms with Crippen LogP contribution in [0.15, 0.2) is 29.2 Å². The summed E-state index contributed by atoms with van der Waals surface area (Å²) >= 11 is 7.53. The summed E-state index contributed by atoms with van der Waals surface area (Å²) in [5, 5.41) is 9.80. The zero-order chi connectivity index (χ0) is 10.0. The molecular weight excluding hydrogens is 214 g/mol. The van der Waals surface area contributed by atoms with Gasteiger partial charge >= 0.3 is 0 Å². The minimum atomic E-state index is -0.176. The molecule has 1 aromatic carbocycles. The van der Waals surface area contributed by atoms with Crippen molar-refractivity contribution >= 4 is 23.4 Å². The van der Waals surface area contributed by atoms with E-state index in [1.54, 1.807) is 11.8 Å². The van der Waals surface area contributed by atoms with E-state index in [0.29, 0.717) is 0 Å². The van der Waals surface area contributed by atoms with Crippen molar-refractivity contribution in [3.8, 4) is 6.07 Å². The molecule has 0 N–H and O–H groups in total. The van der Waals surface area contributed by atoms with E-state index in [-0.39, 0.29) is 4.75 Å². The molecule has 0 heterocycles. The van der Waals surface area contributed by atoms with E-state index in [2.05, 4.69) is 6.07 Å². The van der Waals surface area contributed by atoms with Gasteiger partial charge in [-0.3, -0.25) is 0 Å². The van der Waals surface area contributed by atoms with Gasteiger partial charge in [-0.1, -0.05) is 17.7 Å². The van der Waals surface area contributed by atoms with Crippen molar-refractivity contribution in [3.05, 3.63) is 29.3 Å². The lowest BCUT2D eigenvalue weighted by atomic mass is 9.86. The number of hydrogen-bond acceptors (Lipinski definition) is 2. The molecule has 0 saturated heterocycles. The Labute approximate surface area is 93.1 Å². The molecule has 1 fully saturated rings. The van der Waals surface area contributed by atoms with Crippen molar-refractivity contribution in [2.45, 2.75) is 28.9 Å². The maximum Gasteiger partial charge on any atom is 0.107 e. The molecule has 1 saturated carbocycles. The van der Waals surface area contributed by atoms with Crippen molar-refractivity contribution in [1.29, 1.82) is 5.26 Å². The number of halogens is 1. The second-order valence-electron chi connectivity index (χ2n) is 3.52. The SMILES string of the molecule is N#CC1(Sc2cccc(Cl)c2)CCC1. The smallest absolute Gasteiger partial charge is 0.107 e. The van der Waals surface area contributed by atoms with E-state index in [1.807, 2.05) is 24.3 Å². The highest BCUT2D eigenvalue weighted by atomic mass is 35.5. The molecular formula is C11H10ClNS. The molecule has 1 aromatic rings. The van der Waals surface area contributed by atoms with Gasteiger partial charge < -0.3 is 0 Å². The van der Waals surface area contributed by atoms with Crippen molar-refractivity contribution in [2.75, 3.05) is 0 Å². The Morgan fingerprint density at radius 2 is 2.21 bits per heavy atom. The highest BCUT2D eigenvalue weighted by molar-refractivity contribution is 8.01. The van der Waals surface area contributed by atoms with Gasteiger partial charge in [0.25, 0.3) is 0 Å². The van der Waals surface area contributed by atoms with Crippen LogP contribution in [0.3, 0.4) is 0 Å². The summed E-state index contributed by atoms with van der Waals surface area (Å²) in [6.45, 7) is 0. The van der Waals surface area contributed by atoms with Gasteiger partial charge in [0.05, 0.1) is 6.07 Å². The van der Waals surface area contributed by atoms with Gasteiger partial charge in [0, 0.05) is 9.92 Å². The third-order valence-electron chi connectivity index (χ3n) is 2.47. The molecule has 1 nitrogen and oxygen atoms in total. The standard InChI is InChI=1S/C11H10ClNS/c12-9-3-1-4-10(7-9)14-11(8-13)5-2-6-11/h1,3-4,7H,2,5-6H2. The van der Waals surface area contributed by atoms with E-state index in [4.69, 9.17) is 16.9 Å². The summed E-state index contributed by atoms with van der Waals surface area (Å²) in [6.07, 6.45) is 3.17. The van der Waals surface area contributed by atoms with Crippen LogP contribution >= 0.6 is 23.4 Å². The van der Waals surface area contributed by atoms with Crippen molar-refractivity contribution in [2.24, 2.45) is 0 Å². The van der Waals surface area contributed by atoms with E-state index < -0.39 is 0 Å². The number of benzene rings is 1. The fourth-order valence-corrected chi connectivity index (χ4v) is 3.07. The third-order valence-corrected chi connectivity index (χ3v) is 4.09. The van der Waals surface area contributed by atoms with Gasteiger partial charge in [0.15, 0.2) is 0 Å². The lowest BCUT2D eigenvalue weighted by Gasteiger charge is -2.34. The summed E-state index contributed by atoms with van der Waals surface area (Å²) in [7, 11) is 0. The molecule has 0 aromatic heterocycles. The van der Waals surface area contributed by atoms with Gasteiger partial charge in [-0.2, -0.15) is 5.26 Å². The Morgan fingerprint density at radius 3 is 2.71 bits per heavy atom. The Hall–Kier alpha value is -0.650. The highest BCUT2D eigenvalue weighted by Gasteiger charge is 2.38. The normalized spacial score (nSPS) is 18.3. The number of hydrogen-bond donors (Lipinski definition) is 0. The molecule has 72 valence electrons. The fraction of sp³-hybridized carbons (Fsp3) is 0.364. The van der Waals surface area contributed by atoms with Crippen LogP contribution < -0.4 is 0 Å². The zero-order valence-corrected chi connectivity index (χ0v) is 9.24. The number of thioether (sulfide) groups is 1. The van der Waals surface area contributed by atoms with Crippen LogP contribution in [0.25, 0.3) is 0 Å². The molecule has 2 rings (SSSR count). The molecule has 0 unspecified atom stereocenters. The average molecular weight is 224 g/mol. The topological polar surface area (TPSA) is 23.8 Å². The van der Waals surface area contributed by atoms with Crippen molar-refractivity contribution < 1.29 is 0 Å². The Balaban J connectivity index is 2.14. The zero-order valence-electron chi connectivity index (χ0n) is 7.66. The summed E-state index contributed by atoms with van der Waals surface area (Å²) in [5.41, 5.74) is 0. The van der Waals surface area contributed by atoms with Gasteiger partial charge in [-0.05, 0) is 37.5 Å². The first-order valence-electron chi connectivity index (χ1n) is 4.60. The Morgan fingerprint density at radius 1 is 1.43 bits per heavy atom. The van der Waals surface area contributed by atoms with Crippen LogP contribution in [-0.2, 0) is 0 Å². The fourth-order valence-electron chi connectivity index (χ4n) is 1.49. The number of nitrogens with zero attached hydrogens (tertiary/aromatic N) is 1. The molecule has 0 radical (unpaired) electrons. The molecule has 0 bridgehead atoms. The quantitative estimate of drug-likeness (QED) is 0.760. The molecule has 1 aliphatic rings. The van der Waals surface area contributed by atoms with Crippen molar-refractivity contribution in [1.82, 2.24) is 0 Å². The third kappa shape index (κ3) is 1.89. The van der Waals surface area contributed by atoms with Gasteiger partial charge in [-0.15, -0.1) is 11.8 Å². The first-order chi connectivity index (χ1) is 6.74. The predicted molar refractivity (Wildman–Crippen MR) is 59.5 cm³/mol. The van der Waals surface area contributed by atoms with E-state index in [0.717, 1.165) is 22.8 Å². The molecule has 1 aliphatic carbocycles. The highest BCUT2D eigenvalue weighted by Crippen LogP contribution is 2.47. The molecule has 0 amide bonds. The second-order valence-corrected chi connectivity index (χ2v) is 5.41. The lowest BCUT2D eigenvalue weighted by molar-refractivity contribution is 0.440. The van der Waals surface area contributed by atoms with Gasteiger partial charge in [-0.25, -0.2) is 0 Å². The molecule has 0 atom stereocenters. The van der Waals surface area contributed by atoms with Crippen LogP contribution in [0.2, 0.25) is 5.02 Å². The van der Waals surface area contributed by atoms with Crippen LogP contribution in [0.4, 0.5) is 0 Å². The first-order valence-corrected chi connectivity index (χ1v) is 5.79. The van der Waals surface area contributed by atoms with Crippen LogP contribution in [-0.4, -0.2) is 4.75 Å². The van der Waals surface area contributed by atoms with Gasteiger partial charge in [0.2, 0.25) is 0 Å². The summed E-state index contributed by atoms with van der Waals surface area (Å²) < 4.78 is -0.176. The first kappa shape index (κ1) is 9.89. The maximum absolute atomic E-state index is 9.06. The lowest BCUT2D eigenvalue weighted by Crippen LogP contribution is -2.30. The largest absolute Gasteiger partial charge is 0.197 e. The molecule has 0 spiro atoms. The van der Waals surface area contributed by atoms with Crippen LogP contribution in [0.1, 0.15) is 19.3 Å². The predicted octanol–water partition coefficient (Wildman–Crippen LogP) is 3.88. The molecule has 3 heteroatoms. The number of rotatable bonds is 2. The minimum absolute atomic E-state index is 0.176. The Kier molecular flexibility index (Phi) is 2.71. The maximum atomic E-state index is 9.06. The second kappa shape index (κ2) is 3.84. The van der Waals surface area contributed by atoms with Crippen LogP contribution in [0, 0.1) is 11.3 Å². The minimum Gasteiger partial charge on any atom is -0.197 e. The number of nitriles is 1. The molecule has 0 aliphatic heterocycles.